The Morgan fingerprint density at radius 3 is 2.37 bits per heavy atom. The number of carbonyl (C=O) groups is 2. The number of rotatable bonds is 12. The molecule has 188 valence electrons. The number of methoxy groups -OCH3 is 1. The predicted octanol–water partition coefficient (Wildman–Crippen LogP) is 6.02. The van der Waals surface area contributed by atoms with Gasteiger partial charge < -0.3 is 24.5 Å². The molecule has 35 heavy (non-hydrogen) atoms. The van der Waals surface area contributed by atoms with E-state index in [1.54, 1.807) is 26.2 Å². The number of fused-ring (bicyclic) bond motifs is 1. The van der Waals surface area contributed by atoms with Crippen molar-refractivity contribution in [1.29, 1.82) is 0 Å². The summed E-state index contributed by atoms with van der Waals surface area (Å²) >= 11 is 0. The van der Waals surface area contributed by atoms with E-state index >= 15 is 0 Å². The molecule has 0 bridgehead atoms. The van der Waals surface area contributed by atoms with Crippen LogP contribution in [0.15, 0.2) is 46.9 Å². The fourth-order valence-corrected chi connectivity index (χ4v) is 4.31. The van der Waals surface area contributed by atoms with Crippen LogP contribution < -0.4 is 15.4 Å². The molecule has 0 saturated heterocycles. The van der Waals surface area contributed by atoms with Crippen molar-refractivity contribution in [3.05, 3.63) is 59.4 Å². The van der Waals surface area contributed by atoms with Crippen LogP contribution in [-0.4, -0.2) is 32.1 Å². The maximum atomic E-state index is 12.4. The minimum atomic E-state index is -0.320. The van der Waals surface area contributed by atoms with Gasteiger partial charge in [-0.2, -0.15) is 0 Å². The standard InChI is InChI=1S/C28H36N2O5/c1-6-19(7-2)26(27-18(4)23-17-22(33-5)13-14-24(23)35-27)30-21-11-9-20(10-12-21)28(32)29-16-15-25(31)34-8-3/h9-14,17,19,26,30H,6-8,15-16H2,1-5H3,(H,29,32). The Hall–Kier alpha value is -3.48. The van der Waals surface area contributed by atoms with Gasteiger partial charge in [0.15, 0.2) is 0 Å². The van der Waals surface area contributed by atoms with Crippen molar-refractivity contribution < 1.29 is 23.5 Å². The van der Waals surface area contributed by atoms with E-state index in [0.29, 0.717) is 18.1 Å². The van der Waals surface area contributed by atoms with Crippen LogP contribution in [0.2, 0.25) is 0 Å². The average molecular weight is 481 g/mol. The molecule has 0 aliphatic carbocycles. The number of carbonyl (C=O) groups excluding carboxylic acids is 2. The van der Waals surface area contributed by atoms with E-state index in [1.807, 2.05) is 30.3 Å². The normalized spacial score (nSPS) is 11.9. The van der Waals surface area contributed by atoms with Crippen LogP contribution in [0.3, 0.4) is 0 Å². The molecule has 7 nitrogen and oxygen atoms in total. The summed E-state index contributed by atoms with van der Waals surface area (Å²) in [5.74, 6) is 1.54. The second kappa shape index (κ2) is 12.3. The molecule has 0 radical (unpaired) electrons. The van der Waals surface area contributed by atoms with Crippen molar-refractivity contribution >= 4 is 28.5 Å². The van der Waals surface area contributed by atoms with Gasteiger partial charge in [-0.25, -0.2) is 0 Å². The molecule has 7 heteroatoms. The molecule has 0 spiro atoms. The Morgan fingerprint density at radius 1 is 1.03 bits per heavy atom. The van der Waals surface area contributed by atoms with Crippen LogP contribution in [0.4, 0.5) is 5.69 Å². The topological polar surface area (TPSA) is 89.8 Å². The van der Waals surface area contributed by atoms with Gasteiger partial charge in [0.05, 0.1) is 26.2 Å². The van der Waals surface area contributed by atoms with Gasteiger partial charge in [-0.15, -0.1) is 0 Å². The van der Waals surface area contributed by atoms with Gasteiger partial charge in [-0.1, -0.05) is 26.7 Å². The quantitative estimate of drug-likeness (QED) is 0.308. The number of amides is 1. The summed E-state index contributed by atoms with van der Waals surface area (Å²) in [5.41, 5.74) is 3.37. The molecule has 1 heterocycles. The number of aryl methyl sites for hydroxylation is 1. The van der Waals surface area contributed by atoms with E-state index in [-0.39, 0.29) is 30.9 Å². The second-order valence-electron chi connectivity index (χ2n) is 8.54. The molecule has 2 aromatic carbocycles. The molecule has 0 aliphatic heterocycles. The third-order valence-electron chi connectivity index (χ3n) is 6.37. The van der Waals surface area contributed by atoms with E-state index in [2.05, 4.69) is 31.4 Å². The lowest BCUT2D eigenvalue weighted by molar-refractivity contribution is -0.142. The van der Waals surface area contributed by atoms with Crippen LogP contribution in [0.5, 0.6) is 5.75 Å². The Balaban J connectivity index is 1.77. The lowest BCUT2D eigenvalue weighted by Crippen LogP contribution is -2.26. The highest BCUT2D eigenvalue weighted by molar-refractivity contribution is 5.94. The van der Waals surface area contributed by atoms with Crippen molar-refractivity contribution in [2.45, 2.75) is 53.0 Å². The summed E-state index contributed by atoms with van der Waals surface area (Å²) in [6, 6.07) is 13.2. The van der Waals surface area contributed by atoms with Gasteiger partial charge in [0.2, 0.25) is 0 Å². The van der Waals surface area contributed by atoms with Gasteiger partial charge in [-0.3, -0.25) is 9.59 Å². The smallest absolute Gasteiger partial charge is 0.307 e. The van der Waals surface area contributed by atoms with Gasteiger partial charge in [-0.05, 0) is 62.2 Å². The van der Waals surface area contributed by atoms with Crippen molar-refractivity contribution in [2.75, 3.05) is 25.6 Å². The summed E-state index contributed by atoms with van der Waals surface area (Å²) in [4.78, 5) is 23.9. The van der Waals surface area contributed by atoms with Crippen molar-refractivity contribution in [3.63, 3.8) is 0 Å². The Bertz CT molecular complexity index is 1130. The fourth-order valence-electron chi connectivity index (χ4n) is 4.31. The van der Waals surface area contributed by atoms with E-state index in [1.165, 1.54) is 0 Å². The van der Waals surface area contributed by atoms with Gasteiger partial charge in [0.1, 0.15) is 17.1 Å². The van der Waals surface area contributed by atoms with Gasteiger partial charge in [0, 0.05) is 28.7 Å². The zero-order valence-electron chi connectivity index (χ0n) is 21.3. The number of benzene rings is 2. The van der Waals surface area contributed by atoms with E-state index in [4.69, 9.17) is 13.9 Å². The van der Waals surface area contributed by atoms with Crippen LogP contribution in [0, 0.1) is 12.8 Å². The highest BCUT2D eigenvalue weighted by Gasteiger charge is 2.27. The lowest BCUT2D eigenvalue weighted by atomic mass is 9.90. The molecule has 1 atom stereocenters. The first kappa shape index (κ1) is 26.1. The Kier molecular flexibility index (Phi) is 9.18. The fraction of sp³-hybridized carbons (Fsp3) is 0.429. The number of furan rings is 1. The highest BCUT2D eigenvalue weighted by Crippen LogP contribution is 2.38. The molecule has 0 fully saturated rings. The Morgan fingerprint density at radius 2 is 1.74 bits per heavy atom. The van der Waals surface area contributed by atoms with Crippen molar-refractivity contribution in [2.24, 2.45) is 5.92 Å². The predicted molar refractivity (Wildman–Crippen MR) is 138 cm³/mol. The maximum absolute atomic E-state index is 12.4. The minimum Gasteiger partial charge on any atom is -0.497 e. The monoisotopic (exact) mass is 480 g/mol. The summed E-state index contributed by atoms with van der Waals surface area (Å²) in [6.45, 7) is 8.79. The number of anilines is 1. The molecule has 3 rings (SSSR count). The van der Waals surface area contributed by atoms with Crippen LogP contribution in [-0.2, 0) is 9.53 Å². The molecule has 0 saturated carbocycles. The second-order valence-corrected chi connectivity index (χ2v) is 8.54. The van der Waals surface area contributed by atoms with Crippen LogP contribution >= 0.6 is 0 Å². The first-order valence-electron chi connectivity index (χ1n) is 12.3. The number of nitrogens with one attached hydrogen (secondary N) is 2. The van der Waals surface area contributed by atoms with E-state index < -0.39 is 0 Å². The van der Waals surface area contributed by atoms with Crippen molar-refractivity contribution in [3.8, 4) is 5.75 Å². The molecular weight excluding hydrogens is 444 g/mol. The molecule has 3 aromatic rings. The molecule has 0 aliphatic rings. The minimum absolute atomic E-state index is 0.0207. The summed E-state index contributed by atoms with van der Waals surface area (Å²) < 4.78 is 16.6. The third kappa shape index (κ3) is 6.35. The van der Waals surface area contributed by atoms with Gasteiger partial charge >= 0.3 is 5.97 Å². The largest absolute Gasteiger partial charge is 0.497 e. The molecule has 2 N–H and O–H groups in total. The average Bonchev–Trinajstić information content (AvgIpc) is 3.20. The van der Waals surface area contributed by atoms with E-state index in [0.717, 1.165) is 46.6 Å². The zero-order chi connectivity index (χ0) is 25.4. The zero-order valence-corrected chi connectivity index (χ0v) is 21.3. The summed E-state index contributed by atoms with van der Waals surface area (Å²) in [7, 11) is 1.66. The van der Waals surface area contributed by atoms with Crippen molar-refractivity contribution in [1.82, 2.24) is 5.32 Å². The SMILES string of the molecule is CCOC(=O)CCNC(=O)c1ccc(NC(c2oc3ccc(OC)cc3c2C)C(CC)CC)cc1. The molecule has 1 aromatic heterocycles. The van der Waals surface area contributed by atoms with Gasteiger partial charge in [0.25, 0.3) is 5.91 Å². The first-order chi connectivity index (χ1) is 16.9. The highest BCUT2D eigenvalue weighted by atomic mass is 16.5. The number of hydrogen-bond acceptors (Lipinski definition) is 6. The molecular formula is C28H36N2O5. The summed E-state index contributed by atoms with van der Waals surface area (Å²) in [6.07, 6.45) is 2.14. The third-order valence-corrected chi connectivity index (χ3v) is 6.37. The maximum Gasteiger partial charge on any atom is 0.307 e. The number of hydrogen-bond donors (Lipinski definition) is 2. The lowest BCUT2D eigenvalue weighted by Gasteiger charge is -2.26. The molecule has 1 amide bonds. The summed E-state index contributed by atoms with van der Waals surface area (Å²) in [5, 5.41) is 7.45. The number of esters is 1. The Labute approximate surface area is 207 Å². The van der Waals surface area contributed by atoms with Crippen LogP contribution in [0.1, 0.15) is 67.8 Å². The molecule has 1 unspecified atom stereocenters. The van der Waals surface area contributed by atoms with Crippen LogP contribution in [0.25, 0.3) is 11.0 Å². The van der Waals surface area contributed by atoms with E-state index in [9.17, 15) is 9.59 Å². The number of ether oxygens (including phenoxy) is 2. The first-order valence-corrected chi connectivity index (χ1v) is 12.3.